The van der Waals surface area contributed by atoms with Crippen LogP contribution in [0.4, 0.5) is 0 Å². The molecule has 1 heterocycles. The summed E-state index contributed by atoms with van der Waals surface area (Å²) in [4.78, 5) is 13.5. The second-order valence-corrected chi connectivity index (χ2v) is 6.17. The Morgan fingerprint density at radius 3 is 2.56 bits per heavy atom. The van der Waals surface area contributed by atoms with Gasteiger partial charge in [-0.25, -0.2) is 0 Å². The Morgan fingerprint density at radius 2 is 2.00 bits per heavy atom. The molecule has 92 valence electrons. The first kappa shape index (κ1) is 11.9. The maximum Gasteiger partial charge on any atom is 0.321 e. The first-order valence-electron chi connectivity index (χ1n) is 6.46. The second kappa shape index (κ2) is 4.36. The van der Waals surface area contributed by atoms with Crippen LogP contribution in [0.15, 0.2) is 0 Å². The maximum absolute atomic E-state index is 11.3. The van der Waals surface area contributed by atoms with Crippen molar-refractivity contribution in [2.45, 2.75) is 52.0 Å². The van der Waals surface area contributed by atoms with E-state index in [1.165, 1.54) is 6.42 Å². The molecule has 1 aliphatic heterocycles. The van der Waals surface area contributed by atoms with Gasteiger partial charge in [-0.3, -0.25) is 9.69 Å². The number of carbonyl (C=O) groups is 1. The summed E-state index contributed by atoms with van der Waals surface area (Å²) in [7, 11) is 0. The smallest absolute Gasteiger partial charge is 0.321 e. The number of likely N-dealkylation sites (tertiary alicyclic amines) is 1. The molecule has 3 heteroatoms. The molecule has 3 nitrogen and oxygen atoms in total. The van der Waals surface area contributed by atoms with Gasteiger partial charge in [0.15, 0.2) is 0 Å². The number of nitrogens with zero attached hydrogens (tertiary/aromatic N) is 1. The number of rotatable bonds is 3. The molecule has 0 bridgehead atoms. The molecule has 1 saturated heterocycles. The number of carboxylic acids is 1. The van der Waals surface area contributed by atoms with Crippen LogP contribution in [-0.4, -0.2) is 35.1 Å². The molecule has 2 rings (SSSR count). The van der Waals surface area contributed by atoms with E-state index < -0.39 is 5.97 Å². The Balaban J connectivity index is 2.00. The predicted molar refractivity (Wildman–Crippen MR) is 63.4 cm³/mol. The van der Waals surface area contributed by atoms with Crippen LogP contribution in [0, 0.1) is 11.3 Å². The zero-order valence-electron chi connectivity index (χ0n) is 10.4. The van der Waals surface area contributed by atoms with Crippen molar-refractivity contribution in [1.82, 2.24) is 4.90 Å². The summed E-state index contributed by atoms with van der Waals surface area (Å²) >= 11 is 0. The minimum Gasteiger partial charge on any atom is -0.480 e. The normalized spacial score (nSPS) is 28.4. The van der Waals surface area contributed by atoms with Crippen LogP contribution < -0.4 is 0 Å². The Labute approximate surface area is 97.8 Å². The largest absolute Gasteiger partial charge is 0.480 e. The van der Waals surface area contributed by atoms with E-state index in [1.807, 2.05) is 0 Å². The molecule has 0 aromatic heterocycles. The van der Waals surface area contributed by atoms with Crippen molar-refractivity contribution in [1.29, 1.82) is 0 Å². The van der Waals surface area contributed by atoms with Crippen LogP contribution in [0.25, 0.3) is 0 Å². The number of hydrogen-bond acceptors (Lipinski definition) is 2. The monoisotopic (exact) mass is 225 g/mol. The summed E-state index contributed by atoms with van der Waals surface area (Å²) in [5.74, 6) is -0.180. The standard InChI is InChI=1S/C13H23NO2/c1-13(2)6-3-8-14(9-7-13)11(12(15)16)10-4-5-10/h10-11H,3-9H2,1-2H3,(H,15,16). The van der Waals surface area contributed by atoms with Gasteiger partial charge in [0.05, 0.1) is 0 Å². The number of carboxylic acid groups (broad SMARTS) is 1. The number of aliphatic carboxylic acids is 1. The first-order valence-corrected chi connectivity index (χ1v) is 6.46. The van der Waals surface area contributed by atoms with Gasteiger partial charge in [-0.2, -0.15) is 0 Å². The van der Waals surface area contributed by atoms with E-state index in [2.05, 4.69) is 18.7 Å². The summed E-state index contributed by atoms with van der Waals surface area (Å²) < 4.78 is 0. The minimum atomic E-state index is -0.609. The Morgan fingerprint density at radius 1 is 1.31 bits per heavy atom. The second-order valence-electron chi connectivity index (χ2n) is 6.17. The van der Waals surface area contributed by atoms with Gasteiger partial charge in [-0.1, -0.05) is 13.8 Å². The lowest BCUT2D eigenvalue weighted by Gasteiger charge is -2.28. The highest BCUT2D eigenvalue weighted by atomic mass is 16.4. The first-order chi connectivity index (χ1) is 7.49. The summed E-state index contributed by atoms with van der Waals surface area (Å²) in [5.41, 5.74) is 0.390. The molecular weight excluding hydrogens is 202 g/mol. The van der Waals surface area contributed by atoms with Gasteiger partial charge in [0.2, 0.25) is 0 Å². The molecule has 1 saturated carbocycles. The highest BCUT2D eigenvalue weighted by molar-refractivity contribution is 5.74. The quantitative estimate of drug-likeness (QED) is 0.801. The van der Waals surface area contributed by atoms with Crippen molar-refractivity contribution in [2.75, 3.05) is 13.1 Å². The summed E-state index contributed by atoms with van der Waals surface area (Å²) in [6.45, 7) is 6.52. The SMILES string of the molecule is CC1(C)CCCN(C(C(=O)O)C2CC2)CC1. The van der Waals surface area contributed by atoms with Gasteiger partial charge in [0.1, 0.15) is 6.04 Å². The molecule has 1 unspecified atom stereocenters. The molecule has 0 radical (unpaired) electrons. The molecule has 2 fully saturated rings. The molecule has 1 aliphatic carbocycles. The van der Waals surface area contributed by atoms with Crippen molar-refractivity contribution in [3.05, 3.63) is 0 Å². The minimum absolute atomic E-state index is 0.200. The average molecular weight is 225 g/mol. The van der Waals surface area contributed by atoms with Gasteiger partial charge in [-0.15, -0.1) is 0 Å². The maximum atomic E-state index is 11.3. The van der Waals surface area contributed by atoms with Gasteiger partial charge in [0.25, 0.3) is 0 Å². The van der Waals surface area contributed by atoms with Gasteiger partial charge < -0.3 is 5.11 Å². The lowest BCUT2D eigenvalue weighted by Crippen LogP contribution is -2.43. The van der Waals surface area contributed by atoms with Crippen molar-refractivity contribution >= 4 is 5.97 Å². The molecular formula is C13H23NO2. The van der Waals surface area contributed by atoms with E-state index in [0.717, 1.165) is 38.8 Å². The fraction of sp³-hybridized carbons (Fsp3) is 0.923. The van der Waals surface area contributed by atoms with E-state index in [-0.39, 0.29) is 6.04 Å². The van der Waals surface area contributed by atoms with Crippen molar-refractivity contribution in [3.8, 4) is 0 Å². The van der Waals surface area contributed by atoms with E-state index in [4.69, 9.17) is 0 Å². The van der Waals surface area contributed by atoms with Crippen molar-refractivity contribution in [2.24, 2.45) is 11.3 Å². The molecule has 0 aromatic rings. The van der Waals surface area contributed by atoms with Crippen LogP contribution in [0.5, 0.6) is 0 Å². The van der Waals surface area contributed by atoms with Crippen molar-refractivity contribution in [3.63, 3.8) is 0 Å². The molecule has 0 aromatic carbocycles. The van der Waals surface area contributed by atoms with Crippen LogP contribution in [0.3, 0.4) is 0 Å². The topological polar surface area (TPSA) is 40.5 Å². The predicted octanol–water partition coefficient (Wildman–Crippen LogP) is 2.36. The van der Waals surface area contributed by atoms with E-state index in [1.54, 1.807) is 0 Å². The lowest BCUT2D eigenvalue weighted by molar-refractivity contribution is -0.144. The fourth-order valence-electron chi connectivity index (χ4n) is 2.79. The molecule has 1 atom stereocenters. The lowest BCUT2D eigenvalue weighted by atomic mass is 9.85. The third-order valence-corrected chi connectivity index (χ3v) is 4.09. The highest BCUT2D eigenvalue weighted by Crippen LogP contribution is 2.38. The Hall–Kier alpha value is -0.570. The molecule has 0 spiro atoms. The third kappa shape index (κ3) is 2.76. The van der Waals surface area contributed by atoms with E-state index >= 15 is 0 Å². The van der Waals surface area contributed by atoms with Gasteiger partial charge in [0, 0.05) is 0 Å². The molecule has 1 N–H and O–H groups in total. The Kier molecular flexibility index (Phi) is 3.24. The molecule has 2 aliphatic rings. The van der Waals surface area contributed by atoms with Crippen LogP contribution >= 0.6 is 0 Å². The van der Waals surface area contributed by atoms with Crippen LogP contribution in [-0.2, 0) is 4.79 Å². The van der Waals surface area contributed by atoms with Crippen molar-refractivity contribution < 1.29 is 9.90 Å². The van der Waals surface area contributed by atoms with Gasteiger partial charge >= 0.3 is 5.97 Å². The molecule has 0 amide bonds. The summed E-state index contributed by atoms with van der Waals surface area (Å²) in [6, 6.07) is -0.200. The van der Waals surface area contributed by atoms with E-state index in [0.29, 0.717) is 11.3 Å². The summed E-state index contributed by atoms with van der Waals surface area (Å²) in [5, 5.41) is 9.32. The summed E-state index contributed by atoms with van der Waals surface area (Å²) in [6.07, 6.45) is 5.71. The van der Waals surface area contributed by atoms with Crippen LogP contribution in [0.2, 0.25) is 0 Å². The third-order valence-electron chi connectivity index (χ3n) is 4.09. The number of hydrogen-bond donors (Lipinski definition) is 1. The Bertz CT molecular complexity index is 271. The van der Waals surface area contributed by atoms with E-state index in [9.17, 15) is 9.90 Å². The highest BCUT2D eigenvalue weighted by Gasteiger charge is 2.41. The fourth-order valence-corrected chi connectivity index (χ4v) is 2.79. The zero-order chi connectivity index (χ0) is 11.8. The van der Waals surface area contributed by atoms with Gasteiger partial charge in [-0.05, 0) is 56.5 Å². The zero-order valence-corrected chi connectivity index (χ0v) is 10.4. The molecule has 16 heavy (non-hydrogen) atoms. The van der Waals surface area contributed by atoms with Crippen LogP contribution in [0.1, 0.15) is 46.0 Å². The average Bonchev–Trinajstić information content (AvgIpc) is 2.96.